The highest BCUT2D eigenvalue weighted by molar-refractivity contribution is 5.55. The highest BCUT2D eigenvalue weighted by atomic mass is 19.4. The van der Waals surface area contributed by atoms with Gasteiger partial charge < -0.3 is 14.4 Å². The Morgan fingerprint density at radius 1 is 1.14 bits per heavy atom. The van der Waals surface area contributed by atoms with Crippen LogP contribution in [-0.2, 0) is 15.7 Å². The number of nitrogens with zero attached hydrogens (tertiary/aromatic N) is 2. The van der Waals surface area contributed by atoms with E-state index in [0.717, 1.165) is 6.07 Å². The molecule has 0 atom stereocenters. The number of nitriles is 1. The van der Waals surface area contributed by atoms with Gasteiger partial charge >= 0.3 is 6.18 Å². The zero-order valence-electron chi connectivity index (χ0n) is 11.9. The minimum Gasteiger partial charge on any atom is -0.383 e. The van der Waals surface area contributed by atoms with E-state index in [1.54, 1.807) is 20.3 Å². The van der Waals surface area contributed by atoms with E-state index in [9.17, 15) is 13.2 Å². The van der Waals surface area contributed by atoms with Gasteiger partial charge in [0.05, 0.1) is 30.4 Å². The Hall–Kier alpha value is -1.78. The monoisotopic (exact) mass is 302 g/mol. The number of halogens is 3. The van der Waals surface area contributed by atoms with Crippen molar-refractivity contribution >= 4 is 5.69 Å². The number of anilines is 1. The summed E-state index contributed by atoms with van der Waals surface area (Å²) < 4.78 is 48.3. The molecule has 0 unspecified atom stereocenters. The van der Waals surface area contributed by atoms with Crippen LogP contribution in [0.1, 0.15) is 11.1 Å². The van der Waals surface area contributed by atoms with Crippen molar-refractivity contribution in [3.63, 3.8) is 0 Å². The fraction of sp³-hybridized carbons (Fsp3) is 0.500. The van der Waals surface area contributed by atoms with Crippen LogP contribution >= 0.6 is 0 Å². The van der Waals surface area contributed by atoms with Gasteiger partial charge in [0, 0.05) is 33.0 Å². The molecule has 4 nitrogen and oxygen atoms in total. The summed E-state index contributed by atoms with van der Waals surface area (Å²) in [4.78, 5) is 1.81. The van der Waals surface area contributed by atoms with Gasteiger partial charge in [0.25, 0.3) is 0 Å². The smallest absolute Gasteiger partial charge is 0.383 e. The molecule has 1 aromatic rings. The van der Waals surface area contributed by atoms with Gasteiger partial charge in [-0.2, -0.15) is 18.4 Å². The predicted octanol–water partition coefficient (Wildman–Crippen LogP) is 2.68. The van der Waals surface area contributed by atoms with Gasteiger partial charge in [-0.1, -0.05) is 0 Å². The van der Waals surface area contributed by atoms with Crippen LogP contribution in [0.4, 0.5) is 18.9 Å². The van der Waals surface area contributed by atoms with Crippen LogP contribution in [0.2, 0.25) is 0 Å². The summed E-state index contributed by atoms with van der Waals surface area (Å²) >= 11 is 0. The highest BCUT2D eigenvalue weighted by Gasteiger charge is 2.33. The first-order valence-corrected chi connectivity index (χ1v) is 6.28. The zero-order chi connectivity index (χ0) is 15.9. The van der Waals surface area contributed by atoms with Crippen molar-refractivity contribution in [2.24, 2.45) is 0 Å². The topological polar surface area (TPSA) is 45.5 Å². The molecule has 0 spiro atoms. The van der Waals surface area contributed by atoms with Crippen LogP contribution in [0.15, 0.2) is 18.2 Å². The third-order valence-electron chi connectivity index (χ3n) is 2.92. The van der Waals surface area contributed by atoms with Gasteiger partial charge in [-0.05, 0) is 18.2 Å². The number of hydrogen-bond donors (Lipinski definition) is 0. The summed E-state index contributed by atoms with van der Waals surface area (Å²) in [6.45, 7) is 1.84. The van der Waals surface area contributed by atoms with Crippen molar-refractivity contribution in [1.29, 1.82) is 5.26 Å². The van der Waals surface area contributed by atoms with Crippen molar-refractivity contribution < 1.29 is 22.6 Å². The molecular weight excluding hydrogens is 285 g/mol. The Labute approximate surface area is 121 Å². The first-order valence-electron chi connectivity index (χ1n) is 6.28. The Kier molecular flexibility index (Phi) is 6.46. The number of rotatable bonds is 7. The van der Waals surface area contributed by atoms with Crippen molar-refractivity contribution in [2.75, 3.05) is 45.4 Å². The van der Waals surface area contributed by atoms with Crippen LogP contribution in [0, 0.1) is 11.3 Å². The summed E-state index contributed by atoms with van der Waals surface area (Å²) in [7, 11) is 3.09. The van der Waals surface area contributed by atoms with Gasteiger partial charge in [-0.15, -0.1) is 0 Å². The molecular formula is C14H17F3N2O2. The van der Waals surface area contributed by atoms with Crippen LogP contribution in [0.5, 0.6) is 0 Å². The predicted molar refractivity (Wildman–Crippen MR) is 72.1 cm³/mol. The molecule has 0 amide bonds. The van der Waals surface area contributed by atoms with Gasteiger partial charge in [-0.3, -0.25) is 0 Å². The molecule has 0 N–H and O–H groups in total. The SMILES string of the molecule is COCCN(CCOC)c1ccc(C(F)(F)F)c(C#N)c1. The maximum absolute atomic E-state index is 12.8. The Morgan fingerprint density at radius 3 is 2.14 bits per heavy atom. The molecule has 0 aliphatic rings. The maximum atomic E-state index is 12.8. The average Bonchev–Trinajstić information content (AvgIpc) is 2.45. The first kappa shape index (κ1) is 17.3. The van der Waals surface area contributed by atoms with Gasteiger partial charge in [0.1, 0.15) is 0 Å². The lowest BCUT2D eigenvalue weighted by Crippen LogP contribution is -2.30. The Bertz CT molecular complexity index is 490. The third kappa shape index (κ3) is 4.92. The number of alkyl halides is 3. The van der Waals surface area contributed by atoms with E-state index in [-0.39, 0.29) is 5.56 Å². The molecule has 1 aromatic carbocycles. The summed E-state index contributed by atoms with van der Waals surface area (Å²) in [6.07, 6.45) is -4.53. The van der Waals surface area contributed by atoms with Gasteiger partial charge in [0.15, 0.2) is 0 Å². The van der Waals surface area contributed by atoms with E-state index in [0.29, 0.717) is 32.0 Å². The Morgan fingerprint density at radius 2 is 1.71 bits per heavy atom. The van der Waals surface area contributed by atoms with Gasteiger partial charge in [0.2, 0.25) is 0 Å². The molecule has 0 saturated heterocycles. The van der Waals surface area contributed by atoms with Crippen LogP contribution in [0.25, 0.3) is 0 Å². The number of benzene rings is 1. The molecule has 0 aromatic heterocycles. The van der Waals surface area contributed by atoms with Gasteiger partial charge in [-0.25, -0.2) is 0 Å². The zero-order valence-corrected chi connectivity index (χ0v) is 11.9. The number of ether oxygens (including phenoxy) is 2. The standard InChI is InChI=1S/C14H17F3N2O2/c1-20-7-5-19(6-8-21-2)12-3-4-13(14(15,16)17)11(9-12)10-18/h3-4,9H,5-8H2,1-2H3. The summed E-state index contributed by atoms with van der Waals surface area (Å²) in [5.74, 6) is 0. The fourth-order valence-corrected chi connectivity index (χ4v) is 1.84. The second-order valence-electron chi connectivity index (χ2n) is 4.31. The summed E-state index contributed by atoms with van der Waals surface area (Å²) in [6, 6.07) is 5.13. The van der Waals surface area contributed by atoms with E-state index < -0.39 is 11.7 Å². The maximum Gasteiger partial charge on any atom is 0.417 e. The van der Waals surface area contributed by atoms with Crippen molar-refractivity contribution in [3.05, 3.63) is 29.3 Å². The molecule has 0 fully saturated rings. The molecule has 0 radical (unpaired) electrons. The van der Waals surface area contributed by atoms with E-state index in [4.69, 9.17) is 14.7 Å². The Balaban J connectivity index is 3.06. The summed E-state index contributed by atoms with van der Waals surface area (Å²) in [5, 5.41) is 8.92. The number of methoxy groups -OCH3 is 2. The average molecular weight is 302 g/mol. The largest absolute Gasteiger partial charge is 0.417 e. The van der Waals surface area contributed by atoms with E-state index in [1.165, 1.54) is 12.1 Å². The highest BCUT2D eigenvalue weighted by Crippen LogP contribution is 2.33. The molecule has 0 saturated carbocycles. The fourth-order valence-electron chi connectivity index (χ4n) is 1.84. The van der Waals surface area contributed by atoms with Crippen LogP contribution in [-0.4, -0.2) is 40.5 Å². The molecule has 0 heterocycles. The molecule has 0 bridgehead atoms. The van der Waals surface area contributed by atoms with Crippen molar-refractivity contribution in [3.8, 4) is 6.07 Å². The molecule has 116 valence electrons. The van der Waals surface area contributed by atoms with Crippen molar-refractivity contribution in [2.45, 2.75) is 6.18 Å². The van der Waals surface area contributed by atoms with Crippen LogP contribution in [0.3, 0.4) is 0 Å². The van der Waals surface area contributed by atoms with E-state index in [1.807, 2.05) is 4.90 Å². The second-order valence-corrected chi connectivity index (χ2v) is 4.31. The van der Waals surface area contributed by atoms with Crippen LogP contribution < -0.4 is 4.90 Å². The lowest BCUT2D eigenvalue weighted by molar-refractivity contribution is -0.137. The first-order chi connectivity index (χ1) is 9.93. The second kappa shape index (κ2) is 7.86. The van der Waals surface area contributed by atoms with E-state index in [2.05, 4.69) is 0 Å². The molecule has 0 aliphatic heterocycles. The summed E-state index contributed by atoms with van der Waals surface area (Å²) in [5.41, 5.74) is -0.777. The lowest BCUT2D eigenvalue weighted by Gasteiger charge is -2.25. The third-order valence-corrected chi connectivity index (χ3v) is 2.92. The molecule has 21 heavy (non-hydrogen) atoms. The normalized spacial score (nSPS) is 11.2. The minimum absolute atomic E-state index is 0.389. The number of hydrogen-bond acceptors (Lipinski definition) is 4. The molecule has 1 rings (SSSR count). The molecule has 0 aliphatic carbocycles. The van der Waals surface area contributed by atoms with Crippen molar-refractivity contribution in [1.82, 2.24) is 0 Å². The minimum atomic E-state index is -4.53. The lowest BCUT2D eigenvalue weighted by atomic mass is 10.1. The van der Waals surface area contributed by atoms with E-state index >= 15 is 0 Å². The molecule has 7 heteroatoms. The quantitative estimate of drug-likeness (QED) is 0.777.